The molecule has 1 aromatic heterocycles. The summed E-state index contributed by atoms with van der Waals surface area (Å²) in [7, 11) is 6.38. The predicted octanol–water partition coefficient (Wildman–Crippen LogP) is 3.63. The second kappa shape index (κ2) is 7.49. The van der Waals surface area contributed by atoms with E-state index < -0.39 is 0 Å². The Morgan fingerprint density at radius 2 is 1.58 bits per heavy atom. The third-order valence-electron chi connectivity index (χ3n) is 3.94. The Morgan fingerprint density at radius 3 is 2.23 bits per heavy atom. The van der Waals surface area contributed by atoms with Gasteiger partial charge >= 0.3 is 0 Å². The van der Waals surface area contributed by atoms with Crippen molar-refractivity contribution in [1.29, 1.82) is 0 Å². The molecule has 2 aromatic carbocycles. The Kier molecular flexibility index (Phi) is 5.13. The Hall–Kier alpha value is -3.00. The number of ether oxygens (including phenoxy) is 4. The molecule has 7 nitrogen and oxygen atoms in total. The molecule has 0 saturated carbocycles. The highest BCUT2D eigenvalue weighted by molar-refractivity contribution is 7.71. The number of H-pyrrole nitrogens is 1. The van der Waals surface area contributed by atoms with Crippen LogP contribution in [0.1, 0.15) is 0 Å². The van der Waals surface area contributed by atoms with Crippen molar-refractivity contribution in [3.8, 4) is 40.1 Å². The average molecular weight is 373 g/mol. The summed E-state index contributed by atoms with van der Waals surface area (Å²) in [5, 5.41) is 7.21. The molecule has 0 aliphatic carbocycles. The average Bonchev–Trinajstić information content (AvgIpc) is 3.07. The number of methoxy groups -OCH3 is 4. The van der Waals surface area contributed by atoms with Crippen LogP contribution in [0, 0.1) is 4.77 Å². The molecule has 0 aliphatic rings. The van der Waals surface area contributed by atoms with E-state index in [4.69, 9.17) is 31.2 Å². The van der Waals surface area contributed by atoms with Crippen molar-refractivity contribution in [3.63, 3.8) is 0 Å². The van der Waals surface area contributed by atoms with Crippen LogP contribution >= 0.6 is 12.2 Å². The van der Waals surface area contributed by atoms with Gasteiger partial charge < -0.3 is 18.9 Å². The molecule has 0 unspecified atom stereocenters. The van der Waals surface area contributed by atoms with Gasteiger partial charge in [-0.1, -0.05) is 0 Å². The summed E-state index contributed by atoms with van der Waals surface area (Å²) >= 11 is 5.44. The monoisotopic (exact) mass is 373 g/mol. The molecule has 0 saturated heterocycles. The lowest BCUT2D eigenvalue weighted by Gasteiger charge is -2.14. The smallest absolute Gasteiger partial charge is 0.200 e. The van der Waals surface area contributed by atoms with Gasteiger partial charge in [0.05, 0.1) is 34.1 Å². The van der Waals surface area contributed by atoms with Crippen LogP contribution in [-0.4, -0.2) is 43.2 Å². The molecule has 26 heavy (non-hydrogen) atoms. The molecule has 8 heteroatoms. The molecule has 0 amide bonds. The van der Waals surface area contributed by atoms with E-state index in [2.05, 4.69) is 10.2 Å². The van der Waals surface area contributed by atoms with Crippen molar-refractivity contribution >= 4 is 12.2 Å². The maximum absolute atomic E-state index is 5.51. The number of benzene rings is 2. The molecule has 0 atom stereocenters. The lowest BCUT2D eigenvalue weighted by Crippen LogP contribution is -2.02. The minimum absolute atomic E-state index is 0.443. The number of aromatic amines is 1. The van der Waals surface area contributed by atoms with Gasteiger partial charge in [0.15, 0.2) is 22.1 Å². The number of nitrogens with one attached hydrogen (secondary N) is 1. The maximum atomic E-state index is 5.51. The molecule has 3 rings (SSSR count). The Bertz CT molecular complexity index is 981. The third-order valence-corrected chi connectivity index (χ3v) is 4.22. The molecule has 0 radical (unpaired) electrons. The first-order valence-corrected chi connectivity index (χ1v) is 8.16. The fourth-order valence-electron chi connectivity index (χ4n) is 2.66. The van der Waals surface area contributed by atoms with Gasteiger partial charge in [-0.15, -0.1) is 0 Å². The van der Waals surface area contributed by atoms with E-state index in [1.165, 1.54) is 0 Å². The largest absolute Gasteiger partial charge is 0.497 e. The van der Waals surface area contributed by atoms with Gasteiger partial charge in [-0.2, -0.15) is 5.10 Å². The molecule has 0 aliphatic heterocycles. The van der Waals surface area contributed by atoms with Crippen LogP contribution in [-0.2, 0) is 0 Å². The zero-order valence-electron chi connectivity index (χ0n) is 14.9. The topological polar surface area (TPSA) is 70.5 Å². The summed E-state index contributed by atoms with van der Waals surface area (Å²) in [5.74, 6) is 3.17. The van der Waals surface area contributed by atoms with Crippen LogP contribution < -0.4 is 18.9 Å². The Balaban J connectivity index is 2.19. The van der Waals surface area contributed by atoms with Gasteiger partial charge in [0.1, 0.15) is 11.5 Å². The van der Waals surface area contributed by atoms with Crippen molar-refractivity contribution in [2.24, 2.45) is 0 Å². The minimum Gasteiger partial charge on any atom is -0.497 e. The highest BCUT2D eigenvalue weighted by Crippen LogP contribution is 2.35. The fourth-order valence-corrected chi connectivity index (χ4v) is 2.89. The molecular formula is C18H19N3O4S. The van der Waals surface area contributed by atoms with Crippen LogP contribution in [0.2, 0.25) is 0 Å². The lowest BCUT2D eigenvalue weighted by atomic mass is 10.1. The van der Waals surface area contributed by atoms with E-state index in [0.29, 0.717) is 33.6 Å². The van der Waals surface area contributed by atoms with Gasteiger partial charge in [0.2, 0.25) is 0 Å². The standard InChI is InChI=1S/C18H19N3O4S/c1-22-12-6-7-13(15(10-12)24-3)21-17(19-20-18(21)26)11-5-8-14(23-2)16(9-11)25-4/h5-10H,1-4H3,(H,20,26). The van der Waals surface area contributed by atoms with Gasteiger partial charge in [-0.25, -0.2) is 0 Å². The van der Waals surface area contributed by atoms with Crippen molar-refractivity contribution < 1.29 is 18.9 Å². The molecule has 0 spiro atoms. The van der Waals surface area contributed by atoms with E-state index in [1.54, 1.807) is 39.1 Å². The highest BCUT2D eigenvalue weighted by atomic mass is 32.1. The predicted molar refractivity (Wildman–Crippen MR) is 100 cm³/mol. The van der Waals surface area contributed by atoms with Gasteiger partial charge in [-0.3, -0.25) is 9.67 Å². The number of hydrogen-bond donors (Lipinski definition) is 1. The van der Waals surface area contributed by atoms with Crippen molar-refractivity contribution in [2.45, 2.75) is 0 Å². The third kappa shape index (κ3) is 3.11. The quantitative estimate of drug-likeness (QED) is 0.666. The van der Waals surface area contributed by atoms with E-state index in [1.807, 2.05) is 30.3 Å². The van der Waals surface area contributed by atoms with Gasteiger partial charge in [0, 0.05) is 11.6 Å². The summed E-state index contributed by atoms with van der Waals surface area (Å²) in [6.45, 7) is 0. The second-order valence-electron chi connectivity index (χ2n) is 5.30. The molecule has 1 heterocycles. The molecule has 1 N–H and O–H groups in total. The first kappa shape index (κ1) is 17.8. The van der Waals surface area contributed by atoms with E-state index in [-0.39, 0.29) is 0 Å². The van der Waals surface area contributed by atoms with Gasteiger partial charge in [0.25, 0.3) is 0 Å². The number of nitrogens with zero attached hydrogens (tertiary/aromatic N) is 2. The first-order chi connectivity index (χ1) is 12.6. The number of hydrogen-bond acceptors (Lipinski definition) is 6. The van der Waals surface area contributed by atoms with Crippen LogP contribution in [0.3, 0.4) is 0 Å². The summed E-state index contributed by atoms with van der Waals surface area (Å²) in [6, 6.07) is 11.1. The lowest BCUT2D eigenvalue weighted by molar-refractivity contribution is 0.355. The molecule has 0 bridgehead atoms. The minimum atomic E-state index is 0.443. The number of aromatic nitrogens is 3. The summed E-state index contributed by atoms with van der Waals surface area (Å²) in [5.41, 5.74) is 1.56. The first-order valence-electron chi connectivity index (χ1n) is 7.75. The second-order valence-corrected chi connectivity index (χ2v) is 5.68. The summed E-state index contributed by atoms with van der Waals surface area (Å²) in [4.78, 5) is 0. The van der Waals surface area contributed by atoms with Gasteiger partial charge in [-0.05, 0) is 42.5 Å². The van der Waals surface area contributed by atoms with Crippen molar-refractivity contribution in [1.82, 2.24) is 14.8 Å². The molecule has 3 aromatic rings. The summed E-state index contributed by atoms with van der Waals surface area (Å²) < 4.78 is 23.7. The molecular weight excluding hydrogens is 354 g/mol. The van der Waals surface area contributed by atoms with Crippen LogP contribution in [0.15, 0.2) is 36.4 Å². The Labute approximate surface area is 156 Å². The highest BCUT2D eigenvalue weighted by Gasteiger charge is 2.17. The zero-order valence-corrected chi connectivity index (χ0v) is 15.7. The molecule has 136 valence electrons. The fraction of sp³-hybridized carbons (Fsp3) is 0.222. The van der Waals surface area contributed by atoms with E-state index >= 15 is 0 Å². The van der Waals surface area contributed by atoms with Crippen molar-refractivity contribution in [3.05, 3.63) is 41.2 Å². The summed E-state index contributed by atoms with van der Waals surface area (Å²) in [6.07, 6.45) is 0. The maximum Gasteiger partial charge on any atom is 0.200 e. The van der Waals surface area contributed by atoms with E-state index in [9.17, 15) is 0 Å². The number of rotatable bonds is 6. The SMILES string of the molecule is COc1ccc(-n2c(-c3ccc(OC)c(OC)c3)n[nH]c2=S)c(OC)c1. The van der Waals surface area contributed by atoms with Crippen LogP contribution in [0.25, 0.3) is 17.1 Å². The molecule has 0 fully saturated rings. The zero-order chi connectivity index (χ0) is 18.7. The normalized spacial score (nSPS) is 10.5. The van der Waals surface area contributed by atoms with E-state index in [0.717, 1.165) is 11.3 Å². The van der Waals surface area contributed by atoms with Crippen LogP contribution in [0.5, 0.6) is 23.0 Å². The van der Waals surface area contributed by atoms with Crippen molar-refractivity contribution in [2.75, 3.05) is 28.4 Å². The Morgan fingerprint density at radius 1 is 0.846 bits per heavy atom. The van der Waals surface area contributed by atoms with Crippen LogP contribution in [0.4, 0.5) is 0 Å².